The molecular formula is C18H24Cl2N2O3. The SMILES string of the molecule is CN(C[C@H]1C[C@H](Oc2ccc(Cl)c(CN3CCCC3)c2Cl)C1)C(=O)O. The van der Waals surface area contributed by atoms with Crippen LogP contribution in [0.1, 0.15) is 31.2 Å². The molecule has 1 aromatic carbocycles. The maximum absolute atomic E-state index is 10.9. The van der Waals surface area contributed by atoms with E-state index in [1.165, 1.54) is 17.7 Å². The van der Waals surface area contributed by atoms with E-state index in [4.69, 9.17) is 33.0 Å². The lowest BCUT2D eigenvalue weighted by Gasteiger charge is -2.37. The predicted octanol–water partition coefficient (Wildman–Crippen LogP) is 4.36. The largest absolute Gasteiger partial charge is 0.489 e. The minimum Gasteiger partial charge on any atom is -0.489 e. The first-order valence-electron chi connectivity index (χ1n) is 8.74. The molecule has 0 unspecified atom stereocenters. The number of amides is 1. The van der Waals surface area contributed by atoms with Gasteiger partial charge in [-0.15, -0.1) is 0 Å². The highest BCUT2D eigenvalue weighted by Crippen LogP contribution is 2.38. The summed E-state index contributed by atoms with van der Waals surface area (Å²) >= 11 is 12.9. The molecule has 138 valence electrons. The van der Waals surface area contributed by atoms with Crippen molar-refractivity contribution >= 4 is 29.3 Å². The second-order valence-corrected chi connectivity index (χ2v) is 7.85. The minimum absolute atomic E-state index is 0.0884. The quantitative estimate of drug-likeness (QED) is 0.788. The van der Waals surface area contributed by atoms with Gasteiger partial charge in [0.15, 0.2) is 0 Å². The van der Waals surface area contributed by atoms with Gasteiger partial charge in [-0.25, -0.2) is 4.79 Å². The van der Waals surface area contributed by atoms with Crippen LogP contribution < -0.4 is 4.74 Å². The van der Waals surface area contributed by atoms with Crippen LogP contribution in [0.15, 0.2) is 12.1 Å². The van der Waals surface area contributed by atoms with Crippen LogP contribution in [0.4, 0.5) is 4.79 Å². The number of hydrogen-bond donors (Lipinski definition) is 1. The summed E-state index contributed by atoms with van der Waals surface area (Å²) in [6.45, 7) is 3.47. The molecule has 1 N–H and O–H groups in total. The molecule has 0 aromatic heterocycles. The van der Waals surface area contributed by atoms with Crippen molar-refractivity contribution in [3.05, 3.63) is 27.7 Å². The first-order chi connectivity index (χ1) is 11.9. The first kappa shape index (κ1) is 18.6. The standard InChI is InChI=1S/C18H24Cl2N2O3/c1-21(18(23)24)10-12-8-13(9-12)25-16-5-4-15(19)14(17(16)20)11-22-6-2-3-7-22/h4-5,12-13H,2-3,6-11H2,1H3,(H,23,24)/t12-,13-. The lowest BCUT2D eigenvalue weighted by Crippen LogP contribution is -2.41. The van der Waals surface area contributed by atoms with Crippen molar-refractivity contribution in [2.75, 3.05) is 26.7 Å². The Kier molecular flexibility index (Phi) is 5.97. The smallest absolute Gasteiger partial charge is 0.407 e. The fourth-order valence-corrected chi connectivity index (χ4v) is 4.08. The molecule has 1 heterocycles. The van der Waals surface area contributed by atoms with Gasteiger partial charge < -0.3 is 14.7 Å². The molecule has 1 saturated heterocycles. The van der Waals surface area contributed by atoms with Gasteiger partial charge in [0.2, 0.25) is 0 Å². The summed E-state index contributed by atoms with van der Waals surface area (Å²) in [5, 5.41) is 10.2. The van der Waals surface area contributed by atoms with E-state index < -0.39 is 6.09 Å². The highest BCUT2D eigenvalue weighted by atomic mass is 35.5. The number of carboxylic acid groups (broad SMARTS) is 1. The maximum atomic E-state index is 10.9. The highest BCUT2D eigenvalue weighted by molar-refractivity contribution is 6.36. The van der Waals surface area contributed by atoms with Crippen molar-refractivity contribution < 1.29 is 14.6 Å². The van der Waals surface area contributed by atoms with Crippen LogP contribution in [0.3, 0.4) is 0 Å². The molecule has 2 aliphatic rings. The van der Waals surface area contributed by atoms with Crippen LogP contribution >= 0.6 is 23.2 Å². The number of hydrogen-bond acceptors (Lipinski definition) is 3. The van der Waals surface area contributed by atoms with Gasteiger partial charge >= 0.3 is 6.09 Å². The molecule has 1 amide bonds. The summed E-state index contributed by atoms with van der Waals surface area (Å²) in [4.78, 5) is 14.5. The highest BCUT2D eigenvalue weighted by Gasteiger charge is 2.33. The van der Waals surface area contributed by atoms with Gasteiger partial charge in [0.1, 0.15) is 5.75 Å². The molecule has 0 atom stereocenters. The molecule has 2 fully saturated rings. The number of nitrogens with zero attached hydrogens (tertiary/aromatic N) is 2. The maximum Gasteiger partial charge on any atom is 0.407 e. The molecular weight excluding hydrogens is 363 g/mol. The summed E-state index contributed by atoms with van der Waals surface area (Å²) in [5.41, 5.74) is 0.934. The molecule has 0 bridgehead atoms. The van der Waals surface area contributed by atoms with Crippen molar-refractivity contribution in [2.24, 2.45) is 5.92 Å². The average molecular weight is 387 g/mol. The van der Waals surface area contributed by atoms with Crippen molar-refractivity contribution in [3.8, 4) is 5.75 Å². The van der Waals surface area contributed by atoms with Crippen molar-refractivity contribution in [1.29, 1.82) is 0 Å². The average Bonchev–Trinajstić information content (AvgIpc) is 3.04. The van der Waals surface area contributed by atoms with Crippen molar-refractivity contribution in [2.45, 2.75) is 38.3 Å². The molecule has 0 spiro atoms. The zero-order chi connectivity index (χ0) is 18.0. The number of ether oxygens (including phenoxy) is 1. The normalized spacial score (nSPS) is 23.3. The Morgan fingerprint density at radius 3 is 2.64 bits per heavy atom. The number of halogens is 2. The van der Waals surface area contributed by atoms with Gasteiger partial charge in [0.05, 0.1) is 11.1 Å². The van der Waals surface area contributed by atoms with Gasteiger partial charge in [0.25, 0.3) is 0 Å². The Balaban J connectivity index is 1.57. The van der Waals surface area contributed by atoms with E-state index in [0.29, 0.717) is 28.3 Å². The molecule has 1 aliphatic heterocycles. The third kappa shape index (κ3) is 4.52. The molecule has 1 aromatic rings. The molecule has 1 aliphatic carbocycles. The molecule has 7 heteroatoms. The van der Waals surface area contributed by atoms with Crippen LogP contribution in [-0.2, 0) is 6.54 Å². The van der Waals surface area contributed by atoms with Gasteiger partial charge in [-0.2, -0.15) is 0 Å². The van der Waals surface area contributed by atoms with Crippen LogP contribution in [0.2, 0.25) is 10.0 Å². The van der Waals surface area contributed by atoms with E-state index in [0.717, 1.165) is 38.0 Å². The van der Waals surface area contributed by atoms with E-state index in [1.54, 1.807) is 7.05 Å². The lowest BCUT2D eigenvalue weighted by molar-refractivity contribution is 0.0474. The zero-order valence-corrected chi connectivity index (χ0v) is 15.9. The fourth-order valence-electron chi connectivity index (χ4n) is 3.54. The van der Waals surface area contributed by atoms with E-state index in [-0.39, 0.29) is 6.10 Å². The summed E-state index contributed by atoms with van der Waals surface area (Å²) < 4.78 is 6.04. The molecule has 25 heavy (non-hydrogen) atoms. The van der Waals surface area contributed by atoms with E-state index in [2.05, 4.69) is 4.90 Å². The Morgan fingerprint density at radius 1 is 1.32 bits per heavy atom. The summed E-state index contributed by atoms with van der Waals surface area (Å²) in [6, 6.07) is 3.68. The van der Waals surface area contributed by atoms with Crippen LogP contribution in [-0.4, -0.2) is 53.8 Å². The Bertz CT molecular complexity index is 629. The van der Waals surface area contributed by atoms with Gasteiger partial charge in [-0.05, 0) is 56.8 Å². The predicted molar refractivity (Wildman–Crippen MR) is 98.8 cm³/mol. The fraction of sp³-hybridized carbons (Fsp3) is 0.611. The number of benzene rings is 1. The summed E-state index contributed by atoms with van der Waals surface area (Å²) in [6.07, 6.45) is 3.33. The van der Waals surface area contributed by atoms with Gasteiger partial charge in [0, 0.05) is 30.7 Å². The number of carbonyl (C=O) groups is 1. The third-order valence-electron chi connectivity index (χ3n) is 5.08. The van der Waals surface area contributed by atoms with E-state index in [9.17, 15) is 4.79 Å². The van der Waals surface area contributed by atoms with Crippen LogP contribution in [0.25, 0.3) is 0 Å². The summed E-state index contributed by atoms with van der Waals surface area (Å²) in [7, 11) is 1.59. The van der Waals surface area contributed by atoms with Gasteiger partial charge in [-0.3, -0.25) is 4.90 Å². The summed E-state index contributed by atoms with van der Waals surface area (Å²) in [5.74, 6) is 1.02. The lowest BCUT2D eigenvalue weighted by atomic mass is 9.82. The van der Waals surface area contributed by atoms with Crippen LogP contribution in [0.5, 0.6) is 5.75 Å². The van der Waals surface area contributed by atoms with E-state index >= 15 is 0 Å². The van der Waals surface area contributed by atoms with Crippen molar-refractivity contribution in [1.82, 2.24) is 9.80 Å². The zero-order valence-electron chi connectivity index (χ0n) is 14.4. The number of likely N-dealkylation sites (tertiary alicyclic amines) is 1. The minimum atomic E-state index is -0.892. The monoisotopic (exact) mass is 386 g/mol. The molecule has 5 nitrogen and oxygen atoms in total. The molecule has 0 radical (unpaired) electrons. The van der Waals surface area contributed by atoms with E-state index in [1.807, 2.05) is 12.1 Å². The molecule has 1 saturated carbocycles. The number of rotatable bonds is 6. The molecule has 3 rings (SSSR count). The Labute approximate surface area is 158 Å². The first-order valence-corrected chi connectivity index (χ1v) is 9.49. The Morgan fingerprint density at radius 2 is 2.00 bits per heavy atom. The second-order valence-electron chi connectivity index (χ2n) is 7.06. The Hall–Kier alpha value is -1.17. The van der Waals surface area contributed by atoms with Crippen molar-refractivity contribution in [3.63, 3.8) is 0 Å². The van der Waals surface area contributed by atoms with Crippen LogP contribution in [0, 0.1) is 5.92 Å². The second kappa shape index (κ2) is 8.02. The topological polar surface area (TPSA) is 53.0 Å². The van der Waals surface area contributed by atoms with Gasteiger partial charge in [-0.1, -0.05) is 23.2 Å². The third-order valence-corrected chi connectivity index (χ3v) is 5.84.